The molecule has 0 saturated carbocycles. The lowest BCUT2D eigenvalue weighted by molar-refractivity contribution is -0.122. The van der Waals surface area contributed by atoms with E-state index in [1.165, 1.54) is 0 Å². The molecule has 336 valence electrons. The first kappa shape index (κ1) is 45.3. The van der Waals surface area contributed by atoms with E-state index < -0.39 is 28.8 Å². The van der Waals surface area contributed by atoms with E-state index in [0.29, 0.717) is 17.8 Å². The maximum absolute atomic E-state index is 14.4. The number of ketones is 1. The predicted molar refractivity (Wildman–Crippen MR) is 257 cm³/mol. The van der Waals surface area contributed by atoms with Crippen molar-refractivity contribution in [2.24, 2.45) is 10.9 Å². The number of tetrazole rings is 1. The van der Waals surface area contributed by atoms with Crippen LogP contribution >= 0.6 is 0 Å². The molecule has 0 bridgehead atoms. The lowest BCUT2D eigenvalue weighted by atomic mass is 9.76. The standard InChI is InChI=1S/C54H55N7O5/c1-52(2,3)66-51(64)57-53(4,5)34-48(63)56-42-29-26-36-32-37(28-31-46(36)55-35-42)49(65-6)38-27-30-44(47(62)33-38)43-24-16-17-25-45(43)50-58-59-60-61(50)54(39-18-10-7-11-19-39,40-20-12-8-13-21-40)41-22-14-9-15-23-41/h7-26,28-32,35,38,42,49H,27,33-34H2,1-6H3,(H,56,63)(H,57,64). The normalized spacial score (nSPS) is 16.7. The van der Waals surface area contributed by atoms with Gasteiger partial charge >= 0.3 is 6.09 Å². The molecule has 0 spiro atoms. The second-order valence-corrected chi connectivity index (χ2v) is 18.4. The van der Waals surface area contributed by atoms with Crippen molar-refractivity contribution < 1.29 is 23.9 Å². The molecular formula is C54H55N7O5. The Labute approximate surface area is 385 Å². The molecule has 2 heterocycles. The fourth-order valence-corrected chi connectivity index (χ4v) is 9.07. The number of benzene rings is 5. The summed E-state index contributed by atoms with van der Waals surface area (Å²) in [5.74, 6) is 0.141. The largest absolute Gasteiger partial charge is 0.444 e. The Kier molecular flexibility index (Phi) is 13.1. The van der Waals surface area contributed by atoms with E-state index in [9.17, 15) is 14.4 Å². The molecular weight excluding hydrogens is 827 g/mol. The Morgan fingerprint density at radius 1 is 0.803 bits per heavy atom. The van der Waals surface area contributed by atoms with Crippen molar-refractivity contribution in [2.75, 3.05) is 7.11 Å². The van der Waals surface area contributed by atoms with Crippen LogP contribution in [0.5, 0.6) is 0 Å². The van der Waals surface area contributed by atoms with Crippen molar-refractivity contribution in [1.29, 1.82) is 0 Å². The third-order valence-electron chi connectivity index (χ3n) is 11.9. The zero-order valence-electron chi connectivity index (χ0n) is 38.1. The fraction of sp³-hybridized carbons (Fsp3) is 0.278. The summed E-state index contributed by atoms with van der Waals surface area (Å²) in [7, 11) is 1.67. The van der Waals surface area contributed by atoms with Gasteiger partial charge in [-0.2, -0.15) is 0 Å². The van der Waals surface area contributed by atoms with E-state index in [2.05, 4.69) is 57.3 Å². The Hall–Kier alpha value is -7.31. The Bertz CT molecular complexity index is 2700. The van der Waals surface area contributed by atoms with Gasteiger partial charge in [0, 0.05) is 48.4 Å². The van der Waals surface area contributed by atoms with E-state index in [1.807, 2.05) is 120 Å². The molecule has 12 heteroatoms. The van der Waals surface area contributed by atoms with Gasteiger partial charge in [-0.05, 0) is 97.3 Å². The van der Waals surface area contributed by atoms with Crippen LogP contribution in [0.3, 0.4) is 0 Å². The number of alkyl carbamates (subject to hydrolysis) is 1. The van der Waals surface area contributed by atoms with Crippen LogP contribution in [0.25, 0.3) is 23.0 Å². The van der Waals surface area contributed by atoms with Crippen LogP contribution in [0.4, 0.5) is 10.5 Å². The van der Waals surface area contributed by atoms with Crippen LogP contribution in [-0.2, 0) is 24.6 Å². The summed E-state index contributed by atoms with van der Waals surface area (Å²) in [6.45, 7) is 8.90. The number of amides is 2. The molecule has 0 radical (unpaired) electrons. The summed E-state index contributed by atoms with van der Waals surface area (Å²) in [5.41, 5.74) is 5.11. The number of nitrogens with one attached hydrogen (secondary N) is 2. The zero-order chi connectivity index (χ0) is 46.5. The van der Waals surface area contributed by atoms with Crippen molar-refractivity contribution in [3.63, 3.8) is 0 Å². The van der Waals surface area contributed by atoms with Crippen LogP contribution in [0.2, 0.25) is 0 Å². The number of hydrogen-bond donors (Lipinski definition) is 2. The maximum atomic E-state index is 14.4. The zero-order valence-corrected chi connectivity index (χ0v) is 38.1. The minimum absolute atomic E-state index is 0.00234. The van der Waals surface area contributed by atoms with Gasteiger partial charge < -0.3 is 20.1 Å². The third kappa shape index (κ3) is 9.69. The first-order valence-corrected chi connectivity index (χ1v) is 22.2. The maximum Gasteiger partial charge on any atom is 0.408 e. The number of methoxy groups -OCH3 is 1. The quantitative estimate of drug-likeness (QED) is 0.109. The van der Waals surface area contributed by atoms with Crippen molar-refractivity contribution in [1.82, 2.24) is 30.8 Å². The average molecular weight is 882 g/mol. The molecule has 5 aromatic carbocycles. The van der Waals surface area contributed by atoms with Crippen molar-refractivity contribution in [2.45, 2.75) is 82.7 Å². The van der Waals surface area contributed by atoms with Gasteiger partial charge in [-0.1, -0.05) is 140 Å². The van der Waals surface area contributed by atoms with E-state index in [4.69, 9.17) is 19.7 Å². The highest BCUT2D eigenvalue weighted by atomic mass is 16.6. The van der Waals surface area contributed by atoms with Crippen LogP contribution in [-0.4, -0.2) is 68.5 Å². The number of carbonyl (C=O) groups is 3. The molecule has 1 aliphatic heterocycles. The van der Waals surface area contributed by atoms with E-state index in [-0.39, 0.29) is 36.6 Å². The lowest BCUT2D eigenvalue weighted by Gasteiger charge is -2.36. The second-order valence-electron chi connectivity index (χ2n) is 18.4. The summed E-state index contributed by atoms with van der Waals surface area (Å²) in [6.07, 6.45) is 7.47. The van der Waals surface area contributed by atoms with E-state index in [0.717, 1.165) is 44.6 Å². The molecule has 8 rings (SSSR count). The topological polar surface area (TPSA) is 150 Å². The molecule has 0 fully saturated rings. The molecule has 3 atom stereocenters. The molecule has 1 aromatic heterocycles. The third-order valence-corrected chi connectivity index (χ3v) is 11.9. The number of aromatic nitrogens is 4. The van der Waals surface area contributed by atoms with E-state index in [1.54, 1.807) is 47.9 Å². The van der Waals surface area contributed by atoms with Crippen molar-refractivity contribution in [3.05, 3.63) is 179 Å². The van der Waals surface area contributed by atoms with Gasteiger partial charge in [-0.25, -0.2) is 9.48 Å². The molecule has 12 nitrogen and oxygen atoms in total. The molecule has 2 N–H and O–H groups in total. The monoisotopic (exact) mass is 881 g/mol. The number of hydrogen-bond acceptors (Lipinski definition) is 9. The summed E-state index contributed by atoms with van der Waals surface area (Å²) < 4.78 is 13.4. The smallest absolute Gasteiger partial charge is 0.408 e. The Morgan fingerprint density at radius 3 is 2.00 bits per heavy atom. The molecule has 3 unspecified atom stereocenters. The molecule has 6 aromatic rings. The number of aliphatic imine (C=N–C) groups is 1. The lowest BCUT2D eigenvalue weighted by Crippen LogP contribution is -2.49. The van der Waals surface area contributed by atoms with Gasteiger partial charge in [-0.3, -0.25) is 14.6 Å². The number of fused-ring (bicyclic) bond motifs is 1. The van der Waals surface area contributed by atoms with Crippen molar-refractivity contribution >= 4 is 41.3 Å². The van der Waals surface area contributed by atoms with Gasteiger partial charge in [0.25, 0.3) is 0 Å². The van der Waals surface area contributed by atoms with Gasteiger partial charge in [0.2, 0.25) is 5.91 Å². The Balaban J connectivity index is 1.04. The van der Waals surface area contributed by atoms with Crippen LogP contribution < -0.4 is 10.6 Å². The summed E-state index contributed by atoms with van der Waals surface area (Å²) in [4.78, 5) is 44.6. The fourth-order valence-electron chi connectivity index (χ4n) is 9.07. The molecule has 1 aliphatic carbocycles. The summed E-state index contributed by atoms with van der Waals surface area (Å²) in [6, 6.07) is 44.1. The van der Waals surface area contributed by atoms with Crippen LogP contribution in [0.15, 0.2) is 151 Å². The average Bonchev–Trinajstić information content (AvgIpc) is 3.69. The highest BCUT2D eigenvalue weighted by Gasteiger charge is 2.42. The number of allylic oxidation sites excluding steroid dienone is 2. The highest BCUT2D eigenvalue weighted by Crippen LogP contribution is 2.44. The molecule has 66 heavy (non-hydrogen) atoms. The summed E-state index contributed by atoms with van der Waals surface area (Å²) in [5, 5.41) is 19.5. The molecule has 2 amide bonds. The van der Waals surface area contributed by atoms with Gasteiger partial charge in [0.05, 0.1) is 17.8 Å². The number of nitrogens with zero attached hydrogens (tertiary/aromatic N) is 5. The minimum atomic E-state index is -0.958. The summed E-state index contributed by atoms with van der Waals surface area (Å²) >= 11 is 0. The van der Waals surface area contributed by atoms with Gasteiger partial charge in [-0.15, -0.1) is 5.10 Å². The first-order chi connectivity index (χ1) is 31.8. The highest BCUT2D eigenvalue weighted by molar-refractivity contribution is 6.22. The Morgan fingerprint density at radius 2 is 1.41 bits per heavy atom. The second kappa shape index (κ2) is 19.0. The predicted octanol–water partition coefficient (Wildman–Crippen LogP) is 9.84. The van der Waals surface area contributed by atoms with Crippen LogP contribution in [0, 0.1) is 5.92 Å². The van der Waals surface area contributed by atoms with E-state index >= 15 is 0 Å². The van der Waals surface area contributed by atoms with Crippen molar-refractivity contribution in [3.8, 4) is 11.4 Å². The number of rotatable bonds is 13. The number of ether oxygens (including phenoxy) is 2. The molecule has 0 saturated heterocycles. The van der Waals surface area contributed by atoms with Gasteiger partial charge in [0.15, 0.2) is 11.6 Å². The SMILES string of the molecule is COC(c1ccc2c(c1)C=CC(NC(=O)CC(C)(C)NC(=O)OC(C)(C)C)C=N2)C1CC=C(c2ccccc2-c2nnnn2C(c2ccccc2)(c2ccccc2)c2ccccc2)C(=O)C1. The number of Topliss-reactive ketones (excluding diaryl/α,β-unsaturated/α-hetero) is 1. The number of carbonyl (C=O) groups excluding carboxylic acids is 3. The van der Waals surface area contributed by atoms with Crippen LogP contribution in [0.1, 0.15) is 93.4 Å². The minimum Gasteiger partial charge on any atom is -0.444 e. The molecule has 2 aliphatic rings. The first-order valence-electron chi connectivity index (χ1n) is 22.2. The van der Waals surface area contributed by atoms with Gasteiger partial charge in [0.1, 0.15) is 11.1 Å².